The lowest BCUT2D eigenvalue weighted by Gasteiger charge is -2.32. The van der Waals surface area contributed by atoms with Crippen molar-refractivity contribution in [3.05, 3.63) is 34.3 Å². The number of hydrogen-bond acceptors (Lipinski definition) is 2. The highest BCUT2D eigenvalue weighted by Gasteiger charge is 2.34. The first-order chi connectivity index (χ1) is 8.19. The highest BCUT2D eigenvalue weighted by molar-refractivity contribution is 9.10. The van der Waals surface area contributed by atoms with E-state index >= 15 is 0 Å². The normalized spacial score (nSPS) is 22.9. The zero-order chi connectivity index (χ0) is 12.3. The lowest BCUT2D eigenvalue weighted by Crippen LogP contribution is -2.41. The standard InChI is InChI=1S/C13H16BrNO2/c1-17-12-6-10(7-12)13(16)15-8-9-2-4-11(14)5-3-9/h2-5,10,12H,6-8H2,1H3,(H,15,16). The number of hydrogen-bond donors (Lipinski definition) is 1. The van der Waals surface area contributed by atoms with Crippen LogP contribution in [-0.4, -0.2) is 19.1 Å². The Balaban J connectivity index is 1.75. The molecule has 0 atom stereocenters. The molecular weight excluding hydrogens is 282 g/mol. The van der Waals surface area contributed by atoms with Crippen LogP contribution in [0.2, 0.25) is 0 Å². The first kappa shape index (κ1) is 12.6. The molecule has 0 radical (unpaired) electrons. The van der Waals surface area contributed by atoms with Gasteiger partial charge in [-0.1, -0.05) is 28.1 Å². The summed E-state index contributed by atoms with van der Waals surface area (Å²) in [4.78, 5) is 11.8. The van der Waals surface area contributed by atoms with Crippen molar-refractivity contribution >= 4 is 21.8 Å². The van der Waals surface area contributed by atoms with Gasteiger partial charge in [-0.2, -0.15) is 0 Å². The monoisotopic (exact) mass is 297 g/mol. The summed E-state index contributed by atoms with van der Waals surface area (Å²) in [6.45, 7) is 0.597. The van der Waals surface area contributed by atoms with Gasteiger partial charge in [0.1, 0.15) is 0 Å². The summed E-state index contributed by atoms with van der Waals surface area (Å²) in [6, 6.07) is 7.96. The second-order valence-corrected chi connectivity index (χ2v) is 5.29. The molecule has 0 aromatic heterocycles. The largest absolute Gasteiger partial charge is 0.381 e. The summed E-state index contributed by atoms with van der Waals surface area (Å²) >= 11 is 3.38. The van der Waals surface area contributed by atoms with Crippen molar-refractivity contribution in [2.45, 2.75) is 25.5 Å². The molecule has 1 N–H and O–H groups in total. The van der Waals surface area contributed by atoms with Crippen molar-refractivity contribution in [2.24, 2.45) is 5.92 Å². The van der Waals surface area contributed by atoms with E-state index in [4.69, 9.17) is 4.74 Å². The average molecular weight is 298 g/mol. The smallest absolute Gasteiger partial charge is 0.223 e. The van der Waals surface area contributed by atoms with Gasteiger partial charge in [0.25, 0.3) is 0 Å². The molecular formula is C13H16BrNO2. The Morgan fingerprint density at radius 1 is 1.41 bits per heavy atom. The van der Waals surface area contributed by atoms with Crippen molar-refractivity contribution in [1.82, 2.24) is 5.32 Å². The van der Waals surface area contributed by atoms with Crippen LogP contribution in [0.4, 0.5) is 0 Å². The number of halogens is 1. The molecule has 17 heavy (non-hydrogen) atoms. The van der Waals surface area contributed by atoms with Gasteiger partial charge in [-0.15, -0.1) is 0 Å². The van der Waals surface area contributed by atoms with E-state index in [2.05, 4.69) is 21.2 Å². The van der Waals surface area contributed by atoms with Crippen LogP contribution in [0.3, 0.4) is 0 Å². The highest BCUT2D eigenvalue weighted by Crippen LogP contribution is 2.29. The maximum atomic E-state index is 11.8. The Bertz CT molecular complexity index is 385. The average Bonchev–Trinajstić information content (AvgIpc) is 2.27. The summed E-state index contributed by atoms with van der Waals surface area (Å²) in [7, 11) is 1.70. The van der Waals surface area contributed by atoms with Crippen LogP contribution in [0.25, 0.3) is 0 Å². The number of carbonyl (C=O) groups excluding carboxylic acids is 1. The van der Waals surface area contributed by atoms with Crippen LogP contribution in [-0.2, 0) is 16.1 Å². The van der Waals surface area contributed by atoms with Crippen LogP contribution < -0.4 is 5.32 Å². The fourth-order valence-corrected chi connectivity index (χ4v) is 2.17. The first-order valence-electron chi connectivity index (χ1n) is 5.74. The van der Waals surface area contributed by atoms with Crippen molar-refractivity contribution in [2.75, 3.05) is 7.11 Å². The van der Waals surface area contributed by atoms with Gasteiger partial charge in [0, 0.05) is 24.0 Å². The second kappa shape index (κ2) is 5.65. The quantitative estimate of drug-likeness (QED) is 0.927. The van der Waals surface area contributed by atoms with Crippen LogP contribution in [0.5, 0.6) is 0 Å². The molecule has 1 aromatic rings. The third-order valence-electron chi connectivity index (χ3n) is 3.18. The van der Waals surface area contributed by atoms with Gasteiger partial charge >= 0.3 is 0 Å². The summed E-state index contributed by atoms with van der Waals surface area (Å²) < 4.78 is 6.21. The molecule has 0 heterocycles. The lowest BCUT2D eigenvalue weighted by atomic mass is 9.81. The summed E-state index contributed by atoms with van der Waals surface area (Å²) in [5.74, 6) is 0.275. The van der Waals surface area contributed by atoms with Crippen LogP contribution in [0.15, 0.2) is 28.7 Å². The zero-order valence-corrected chi connectivity index (χ0v) is 11.4. The van der Waals surface area contributed by atoms with Gasteiger partial charge in [0.05, 0.1) is 6.10 Å². The van der Waals surface area contributed by atoms with Crippen LogP contribution >= 0.6 is 15.9 Å². The Hall–Kier alpha value is -0.870. The van der Waals surface area contributed by atoms with E-state index in [9.17, 15) is 4.79 Å². The minimum atomic E-state index is 0.135. The predicted octanol–water partition coefficient (Wildman–Crippen LogP) is 2.49. The van der Waals surface area contributed by atoms with Crippen molar-refractivity contribution in [3.63, 3.8) is 0 Å². The number of ether oxygens (including phenoxy) is 1. The lowest BCUT2D eigenvalue weighted by molar-refractivity contribution is -0.132. The fraction of sp³-hybridized carbons (Fsp3) is 0.462. The van der Waals surface area contributed by atoms with Crippen LogP contribution in [0, 0.1) is 5.92 Å². The van der Waals surface area contributed by atoms with E-state index in [-0.39, 0.29) is 17.9 Å². The van der Waals surface area contributed by atoms with Crippen molar-refractivity contribution < 1.29 is 9.53 Å². The first-order valence-corrected chi connectivity index (χ1v) is 6.53. The molecule has 4 heteroatoms. The van der Waals surface area contributed by atoms with Gasteiger partial charge < -0.3 is 10.1 Å². The van der Waals surface area contributed by atoms with Crippen LogP contribution in [0.1, 0.15) is 18.4 Å². The maximum Gasteiger partial charge on any atom is 0.223 e. The third-order valence-corrected chi connectivity index (χ3v) is 3.71. The predicted molar refractivity (Wildman–Crippen MR) is 69.5 cm³/mol. The zero-order valence-electron chi connectivity index (χ0n) is 9.78. The SMILES string of the molecule is COC1CC(C(=O)NCc2ccc(Br)cc2)C1. The molecule has 0 saturated heterocycles. The summed E-state index contributed by atoms with van der Waals surface area (Å²) in [5.41, 5.74) is 1.11. The van der Waals surface area contributed by atoms with E-state index in [0.717, 1.165) is 22.9 Å². The molecule has 1 saturated carbocycles. The van der Waals surface area contributed by atoms with Crippen molar-refractivity contribution in [3.8, 4) is 0 Å². The number of benzene rings is 1. The molecule has 92 valence electrons. The van der Waals surface area contributed by atoms with Crippen molar-refractivity contribution in [1.29, 1.82) is 0 Å². The molecule has 1 amide bonds. The molecule has 0 unspecified atom stereocenters. The number of carbonyl (C=O) groups is 1. The minimum Gasteiger partial charge on any atom is -0.381 e. The van der Waals surface area contributed by atoms with Gasteiger partial charge in [0.15, 0.2) is 0 Å². The minimum absolute atomic E-state index is 0.135. The number of nitrogens with one attached hydrogen (secondary N) is 1. The highest BCUT2D eigenvalue weighted by atomic mass is 79.9. The Kier molecular flexibility index (Phi) is 4.18. The molecule has 1 aliphatic carbocycles. The molecule has 3 nitrogen and oxygen atoms in total. The Labute approximate surface area is 110 Å². The van der Waals surface area contributed by atoms with E-state index in [1.165, 1.54) is 0 Å². The topological polar surface area (TPSA) is 38.3 Å². The summed E-state index contributed by atoms with van der Waals surface area (Å²) in [6.07, 6.45) is 1.98. The van der Waals surface area contributed by atoms with E-state index in [0.29, 0.717) is 6.54 Å². The van der Waals surface area contributed by atoms with Gasteiger partial charge in [-0.3, -0.25) is 4.79 Å². The molecule has 0 bridgehead atoms. The van der Waals surface area contributed by atoms with E-state index < -0.39 is 0 Å². The summed E-state index contributed by atoms with van der Waals surface area (Å²) in [5, 5.41) is 2.96. The molecule has 1 fully saturated rings. The van der Waals surface area contributed by atoms with E-state index in [1.807, 2.05) is 24.3 Å². The second-order valence-electron chi connectivity index (χ2n) is 4.37. The molecule has 0 aliphatic heterocycles. The molecule has 1 aromatic carbocycles. The number of methoxy groups -OCH3 is 1. The molecule has 1 aliphatic rings. The Morgan fingerprint density at radius 3 is 2.65 bits per heavy atom. The molecule has 0 spiro atoms. The Morgan fingerprint density at radius 2 is 2.06 bits per heavy atom. The fourth-order valence-electron chi connectivity index (χ4n) is 1.91. The maximum absolute atomic E-state index is 11.8. The number of amides is 1. The van der Waals surface area contributed by atoms with Gasteiger partial charge in [0.2, 0.25) is 5.91 Å². The molecule has 2 rings (SSSR count). The number of rotatable bonds is 4. The van der Waals surface area contributed by atoms with E-state index in [1.54, 1.807) is 7.11 Å². The third kappa shape index (κ3) is 3.30. The van der Waals surface area contributed by atoms with Gasteiger partial charge in [-0.25, -0.2) is 0 Å². The van der Waals surface area contributed by atoms with Gasteiger partial charge in [-0.05, 0) is 30.5 Å².